The van der Waals surface area contributed by atoms with Crippen molar-refractivity contribution < 1.29 is 12.9 Å². The molecule has 0 amide bonds. The van der Waals surface area contributed by atoms with E-state index >= 15 is 0 Å². The molecule has 164 valence electrons. The minimum absolute atomic E-state index is 0.0604. The number of piperazine rings is 1. The summed E-state index contributed by atoms with van der Waals surface area (Å²) in [6.07, 6.45) is 4.35. The molecule has 2 aromatic heterocycles. The van der Waals surface area contributed by atoms with Gasteiger partial charge in [0.1, 0.15) is 0 Å². The van der Waals surface area contributed by atoms with Gasteiger partial charge in [0.2, 0.25) is 21.7 Å². The quantitative estimate of drug-likeness (QED) is 0.579. The van der Waals surface area contributed by atoms with Crippen molar-refractivity contribution in [2.24, 2.45) is 0 Å². The monoisotopic (exact) mass is 458 g/mol. The number of sulfonamides is 1. The zero-order valence-electron chi connectivity index (χ0n) is 17.5. The molecule has 31 heavy (non-hydrogen) atoms. The Morgan fingerprint density at radius 1 is 1.06 bits per heavy atom. The zero-order chi connectivity index (χ0) is 21.4. The maximum Gasteiger partial charge on any atom is 0.244 e. The molecule has 1 atom stereocenters. The van der Waals surface area contributed by atoms with Crippen LogP contribution in [0.2, 0.25) is 0 Å². The average molecular weight is 459 g/mol. The number of hydrogen-bond donors (Lipinski definition) is 0. The molecule has 1 saturated heterocycles. The van der Waals surface area contributed by atoms with Gasteiger partial charge >= 0.3 is 0 Å². The van der Waals surface area contributed by atoms with Gasteiger partial charge in [-0.1, -0.05) is 17.3 Å². The smallest absolute Gasteiger partial charge is 0.244 e. The van der Waals surface area contributed by atoms with E-state index in [1.807, 2.05) is 36.6 Å². The summed E-state index contributed by atoms with van der Waals surface area (Å²) in [5.74, 6) is 1.17. The predicted octanol–water partition coefficient (Wildman–Crippen LogP) is 3.74. The second-order valence-corrected chi connectivity index (χ2v) is 11.1. The van der Waals surface area contributed by atoms with Crippen molar-refractivity contribution in [1.29, 1.82) is 0 Å². The van der Waals surface area contributed by atoms with Gasteiger partial charge in [-0.3, -0.25) is 4.90 Å². The van der Waals surface area contributed by atoms with Crippen LogP contribution in [-0.4, -0.2) is 53.9 Å². The molecule has 0 spiro atoms. The number of benzene rings is 1. The Kier molecular flexibility index (Phi) is 5.68. The number of nitrogens with zero attached hydrogens (tertiary/aromatic N) is 4. The molecule has 0 radical (unpaired) electrons. The zero-order valence-corrected chi connectivity index (χ0v) is 19.2. The maximum absolute atomic E-state index is 13.2. The van der Waals surface area contributed by atoms with Crippen molar-refractivity contribution in [2.45, 2.75) is 43.5 Å². The molecule has 9 heteroatoms. The molecule has 1 fully saturated rings. The highest BCUT2D eigenvalue weighted by Crippen LogP contribution is 2.28. The molecule has 3 heterocycles. The van der Waals surface area contributed by atoms with Crippen LogP contribution in [0.5, 0.6) is 0 Å². The van der Waals surface area contributed by atoms with Crippen LogP contribution < -0.4 is 0 Å². The molecule has 7 nitrogen and oxygen atoms in total. The lowest BCUT2D eigenvalue weighted by Gasteiger charge is -2.36. The van der Waals surface area contributed by atoms with Gasteiger partial charge in [-0.05, 0) is 67.3 Å². The third-order valence-electron chi connectivity index (χ3n) is 6.32. The van der Waals surface area contributed by atoms with Crippen molar-refractivity contribution in [3.05, 3.63) is 52.7 Å². The van der Waals surface area contributed by atoms with Gasteiger partial charge < -0.3 is 4.52 Å². The second kappa shape index (κ2) is 8.46. The Balaban J connectivity index is 1.25. The van der Waals surface area contributed by atoms with E-state index in [-0.39, 0.29) is 6.04 Å². The molecule has 0 N–H and O–H groups in total. The van der Waals surface area contributed by atoms with E-state index in [0.717, 1.165) is 24.1 Å². The summed E-state index contributed by atoms with van der Waals surface area (Å²) in [7, 11) is -3.48. The molecule has 1 aromatic carbocycles. The Morgan fingerprint density at radius 2 is 1.84 bits per heavy atom. The van der Waals surface area contributed by atoms with Crippen LogP contribution in [0.1, 0.15) is 42.8 Å². The summed E-state index contributed by atoms with van der Waals surface area (Å²) in [5.41, 5.74) is 2.49. The van der Waals surface area contributed by atoms with E-state index in [0.29, 0.717) is 42.8 Å². The number of aryl methyl sites for hydroxylation is 2. The van der Waals surface area contributed by atoms with E-state index in [4.69, 9.17) is 4.52 Å². The summed E-state index contributed by atoms with van der Waals surface area (Å²) >= 11 is 1.57. The predicted molar refractivity (Wildman–Crippen MR) is 119 cm³/mol. The van der Waals surface area contributed by atoms with Gasteiger partial charge in [-0.25, -0.2) is 8.42 Å². The van der Waals surface area contributed by atoms with Crippen LogP contribution >= 0.6 is 11.3 Å². The molecule has 5 rings (SSSR count). The second-order valence-electron chi connectivity index (χ2n) is 8.19. The molecule has 1 unspecified atom stereocenters. The Hall–Kier alpha value is -2.07. The van der Waals surface area contributed by atoms with Crippen LogP contribution in [0, 0.1) is 0 Å². The minimum Gasteiger partial charge on any atom is -0.337 e. The average Bonchev–Trinajstić information content (AvgIpc) is 3.50. The normalized spacial score (nSPS) is 19.3. The Labute approximate surface area is 186 Å². The number of aromatic nitrogens is 2. The Morgan fingerprint density at radius 3 is 2.58 bits per heavy atom. The fourth-order valence-electron chi connectivity index (χ4n) is 4.42. The van der Waals surface area contributed by atoms with Crippen LogP contribution in [0.4, 0.5) is 0 Å². The lowest BCUT2D eigenvalue weighted by atomic mass is 9.92. The van der Waals surface area contributed by atoms with Gasteiger partial charge in [0, 0.05) is 26.2 Å². The standard InChI is InChI=1S/C22H26N4O3S2/c1-16(22-23-21(24-29-22)20-7-4-14-30-20)25-10-12-26(13-11-25)31(27,28)19-9-8-17-5-2-3-6-18(17)15-19/h4,7-9,14-16H,2-3,5-6,10-13H2,1H3. The third kappa shape index (κ3) is 4.07. The fraction of sp³-hybridized carbons (Fsp3) is 0.455. The van der Waals surface area contributed by atoms with Crippen LogP contribution in [0.15, 0.2) is 45.1 Å². The highest BCUT2D eigenvalue weighted by molar-refractivity contribution is 7.89. The van der Waals surface area contributed by atoms with E-state index in [1.165, 1.54) is 17.5 Å². The minimum atomic E-state index is -3.48. The van der Waals surface area contributed by atoms with Crippen LogP contribution in [0.25, 0.3) is 10.7 Å². The molecule has 1 aliphatic heterocycles. The van der Waals surface area contributed by atoms with E-state index < -0.39 is 10.0 Å². The SMILES string of the molecule is CC(c1nc(-c2cccs2)no1)N1CCN(S(=O)(=O)c2ccc3c(c2)CCCC3)CC1. The lowest BCUT2D eigenvalue weighted by molar-refractivity contribution is 0.124. The van der Waals surface area contributed by atoms with Crippen molar-refractivity contribution in [3.8, 4) is 10.7 Å². The molecule has 0 bridgehead atoms. The van der Waals surface area contributed by atoms with Gasteiger partial charge in [-0.2, -0.15) is 9.29 Å². The van der Waals surface area contributed by atoms with Crippen molar-refractivity contribution in [1.82, 2.24) is 19.3 Å². The van der Waals surface area contributed by atoms with Crippen LogP contribution in [-0.2, 0) is 22.9 Å². The molecule has 0 saturated carbocycles. The fourth-order valence-corrected chi connectivity index (χ4v) is 6.54. The molecular weight excluding hydrogens is 432 g/mol. The van der Waals surface area contributed by atoms with Crippen LogP contribution in [0.3, 0.4) is 0 Å². The summed E-state index contributed by atoms with van der Waals surface area (Å²) in [6, 6.07) is 9.54. The summed E-state index contributed by atoms with van der Waals surface area (Å²) in [6.45, 7) is 4.19. The first kappa shape index (κ1) is 20.8. The molecule has 3 aromatic rings. The molecular formula is C22H26N4O3S2. The first-order chi connectivity index (χ1) is 15.0. The summed E-state index contributed by atoms with van der Waals surface area (Å²) in [5, 5.41) is 6.08. The summed E-state index contributed by atoms with van der Waals surface area (Å²) in [4.78, 5) is 8.14. The topological polar surface area (TPSA) is 79.5 Å². The van der Waals surface area contributed by atoms with E-state index in [9.17, 15) is 8.42 Å². The third-order valence-corrected chi connectivity index (χ3v) is 9.08. The van der Waals surface area contributed by atoms with Gasteiger partial charge in [-0.15, -0.1) is 11.3 Å². The Bertz CT molecular complexity index is 1150. The largest absolute Gasteiger partial charge is 0.337 e. The maximum atomic E-state index is 13.2. The lowest BCUT2D eigenvalue weighted by Crippen LogP contribution is -2.49. The van der Waals surface area contributed by atoms with Crippen molar-refractivity contribution in [2.75, 3.05) is 26.2 Å². The van der Waals surface area contributed by atoms with E-state index in [1.54, 1.807) is 21.7 Å². The summed E-state index contributed by atoms with van der Waals surface area (Å²) < 4.78 is 33.5. The van der Waals surface area contributed by atoms with Crippen molar-refractivity contribution >= 4 is 21.4 Å². The molecule has 1 aliphatic carbocycles. The number of fused-ring (bicyclic) bond motifs is 1. The van der Waals surface area contributed by atoms with Gasteiger partial charge in [0.25, 0.3) is 0 Å². The number of hydrogen-bond acceptors (Lipinski definition) is 7. The van der Waals surface area contributed by atoms with Crippen molar-refractivity contribution in [3.63, 3.8) is 0 Å². The van der Waals surface area contributed by atoms with Gasteiger partial charge in [0.05, 0.1) is 15.8 Å². The number of rotatable bonds is 5. The highest BCUT2D eigenvalue weighted by Gasteiger charge is 2.32. The van der Waals surface area contributed by atoms with Gasteiger partial charge in [0.15, 0.2) is 0 Å². The van der Waals surface area contributed by atoms with E-state index in [2.05, 4.69) is 15.0 Å². The highest BCUT2D eigenvalue weighted by atomic mass is 32.2. The molecule has 2 aliphatic rings. The number of thiophene rings is 1. The first-order valence-corrected chi connectivity index (χ1v) is 13.1. The first-order valence-electron chi connectivity index (χ1n) is 10.8.